The zero-order valence-electron chi connectivity index (χ0n) is 16.4. The van der Waals surface area contributed by atoms with Crippen LogP contribution < -0.4 is 24.6 Å². The van der Waals surface area contributed by atoms with Crippen molar-refractivity contribution in [3.8, 4) is 17.2 Å². The first kappa shape index (κ1) is 21.1. The minimum Gasteiger partial charge on any atom is -0.550 e. The summed E-state index contributed by atoms with van der Waals surface area (Å²) in [5.74, 6) is -0.178. The summed E-state index contributed by atoms with van der Waals surface area (Å²) in [6, 6.07) is 9.85. The van der Waals surface area contributed by atoms with E-state index in [-0.39, 0.29) is 13.0 Å². The molecule has 0 aliphatic rings. The fourth-order valence-corrected chi connectivity index (χ4v) is 2.73. The molecule has 0 bridgehead atoms. The third-order valence-electron chi connectivity index (χ3n) is 4.22. The number of aliphatic carboxylic acids is 1. The zero-order chi connectivity index (χ0) is 20.7. The topological polar surface area (TPSA) is 96.9 Å². The number of aryl methyl sites for hydroxylation is 2. The van der Waals surface area contributed by atoms with Gasteiger partial charge in [0.05, 0.1) is 20.3 Å². The Labute approximate surface area is 164 Å². The van der Waals surface area contributed by atoms with E-state index in [4.69, 9.17) is 14.2 Å². The van der Waals surface area contributed by atoms with Gasteiger partial charge in [-0.1, -0.05) is 18.2 Å². The Balaban J connectivity index is 2.12. The molecule has 2 aromatic rings. The molecule has 0 saturated heterocycles. The summed E-state index contributed by atoms with van der Waals surface area (Å²) in [6.07, 6.45) is -0.384. The van der Waals surface area contributed by atoms with Gasteiger partial charge in [0, 0.05) is 12.4 Å². The number of rotatable bonds is 9. The van der Waals surface area contributed by atoms with Gasteiger partial charge in [-0.15, -0.1) is 0 Å². The molecule has 1 N–H and O–H groups in total. The monoisotopic (exact) mass is 386 g/mol. The molecule has 0 aliphatic heterocycles. The Hall–Kier alpha value is -3.22. The first-order valence-electron chi connectivity index (χ1n) is 8.75. The van der Waals surface area contributed by atoms with Crippen molar-refractivity contribution in [1.29, 1.82) is 0 Å². The van der Waals surface area contributed by atoms with Gasteiger partial charge in [-0.05, 0) is 48.7 Å². The smallest absolute Gasteiger partial charge is 0.258 e. The number of nitrogens with one attached hydrogen (secondary N) is 1. The normalized spacial score (nSPS) is 11.4. The zero-order valence-corrected chi connectivity index (χ0v) is 16.4. The van der Waals surface area contributed by atoms with Crippen LogP contribution in [0.2, 0.25) is 0 Å². The van der Waals surface area contributed by atoms with Gasteiger partial charge in [0.1, 0.15) is 5.75 Å². The van der Waals surface area contributed by atoms with Crippen LogP contribution >= 0.6 is 0 Å². The van der Waals surface area contributed by atoms with Crippen LogP contribution in [-0.2, 0) is 9.59 Å². The second-order valence-corrected chi connectivity index (χ2v) is 6.37. The van der Waals surface area contributed by atoms with E-state index in [0.717, 1.165) is 11.1 Å². The van der Waals surface area contributed by atoms with E-state index in [0.29, 0.717) is 22.8 Å². The lowest BCUT2D eigenvalue weighted by molar-refractivity contribution is -0.306. The quantitative estimate of drug-likeness (QED) is 0.705. The van der Waals surface area contributed by atoms with Gasteiger partial charge in [0.15, 0.2) is 18.1 Å². The Bertz CT molecular complexity index is 849. The number of carboxylic acid groups (broad SMARTS) is 1. The number of carboxylic acids is 1. The van der Waals surface area contributed by atoms with E-state index >= 15 is 0 Å². The van der Waals surface area contributed by atoms with Crippen molar-refractivity contribution in [1.82, 2.24) is 5.32 Å². The molecule has 1 atom stereocenters. The number of carbonyl (C=O) groups is 2. The van der Waals surface area contributed by atoms with Gasteiger partial charge >= 0.3 is 0 Å². The van der Waals surface area contributed by atoms with Crippen LogP contribution in [0, 0.1) is 13.8 Å². The van der Waals surface area contributed by atoms with Crippen LogP contribution in [0.1, 0.15) is 29.2 Å². The number of ether oxygens (including phenoxy) is 3. The average Bonchev–Trinajstić information content (AvgIpc) is 2.67. The van der Waals surface area contributed by atoms with E-state index in [9.17, 15) is 14.7 Å². The van der Waals surface area contributed by atoms with Gasteiger partial charge < -0.3 is 29.4 Å². The Morgan fingerprint density at radius 3 is 2.36 bits per heavy atom. The van der Waals surface area contributed by atoms with Crippen molar-refractivity contribution in [2.75, 3.05) is 20.8 Å². The first-order valence-corrected chi connectivity index (χ1v) is 8.75. The molecule has 0 saturated carbocycles. The van der Waals surface area contributed by atoms with Crippen molar-refractivity contribution < 1.29 is 28.9 Å². The van der Waals surface area contributed by atoms with Crippen molar-refractivity contribution >= 4 is 11.9 Å². The fraction of sp³-hybridized carbons (Fsp3) is 0.333. The molecular weight excluding hydrogens is 362 g/mol. The minimum atomic E-state index is -1.28. The minimum absolute atomic E-state index is 0.235. The number of hydrogen-bond donors (Lipinski definition) is 1. The van der Waals surface area contributed by atoms with Crippen LogP contribution in [0.15, 0.2) is 36.4 Å². The third kappa shape index (κ3) is 5.64. The molecule has 2 rings (SSSR count). The van der Waals surface area contributed by atoms with Crippen molar-refractivity contribution in [3.63, 3.8) is 0 Å². The predicted octanol–water partition coefficient (Wildman–Crippen LogP) is 1.70. The van der Waals surface area contributed by atoms with Gasteiger partial charge in [0.25, 0.3) is 5.91 Å². The molecule has 0 spiro atoms. The molecule has 1 amide bonds. The van der Waals surface area contributed by atoms with Crippen LogP contribution in [0.3, 0.4) is 0 Å². The lowest BCUT2D eigenvalue weighted by atomic mass is 10.0. The summed E-state index contributed by atoms with van der Waals surface area (Å²) < 4.78 is 16.0. The second kappa shape index (κ2) is 9.64. The molecule has 0 fully saturated rings. The molecule has 2 aromatic carbocycles. The maximum absolute atomic E-state index is 12.4. The average molecular weight is 386 g/mol. The number of hydrogen-bond acceptors (Lipinski definition) is 6. The first-order chi connectivity index (χ1) is 13.3. The Morgan fingerprint density at radius 1 is 1.00 bits per heavy atom. The number of methoxy groups -OCH3 is 2. The van der Waals surface area contributed by atoms with E-state index in [1.807, 2.05) is 32.0 Å². The molecule has 1 unspecified atom stereocenters. The Kier molecular flexibility index (Phi) is 7.26. The molecule has 7 heteroatoms. The van der Waals surface area contributed by atoms with Crippen LogP contribution in [-0.4, -0.2) is 32.7 Å². The van der Waals surface area contributed by atoms with Gasteiger partial charge in [0.2, 0.25) is 0 Å². The molecule has 28 heavy (non-hydrogen) atoms. The van der Waals surface area contributed by atoms with Crippen LogP contribution in [0.25, 0.3) is 0 Å². The molecule has 150 valence electrons. The van der Waals surface area contributed by atoms with E-state index in [1.165, 1.54) is 14.2 Å². The highest BCUT2D eigenvalue weighted by Gasteiger charge is 2.18. The molecule has 0 aliphatic carbocycles. The maximum atomic E-state index is 12.4. The van der Waals surface area contributed by atoms with Crippen LogP contribution in [0.4, 0.5) is 0 Å². The van der Waals surface area contributed by atoms with E-state index < -0.39 is 17.9 Å². The van der Waals surface area contributed by atoms with Gasteiger partial charge in [-0.2, -0.15) is 0 Å². The van der Waals surface area contributed by atoms with Crippen molar-refractivity contribution in [2.24, 2.45) is 0 Å². The lowest BCUT2D eigenvalue weighted by Gasteiger charge is -2.21. The highest BCUT2D eigenvalue weighted by Crippen LogP contribution is 2.31. The molecular formula is C21H24NO6-. The van der Waals surface area contributed by atoms with Crippen molar-refractivity contribution in [3.05, 3.63) is 53.1 Å². The molecule has 0 aromatic heterocycles. The predicted molar refractivity (Wildman–Crippen MR) is 101 cm³/mol. The fourth-order valence-electron chi connectivity index (χ4n) is 2.73. The number of carbonyl (C=O) groups excluding carboxylic acids is 2. The summed E-state index contributed by atoms with van der Waals surface area (Å²) >= 11 is 0. The highest BCUT2D eigenvalue weighted by atomic mass is 16.5. The lowest BCUT2D eigenvalue weighted by Crippen LogP contribution is -2.36. The van der Waals surface area contributed by atoms with Crippen LogP contribution in [0.5, 0.6) is 17.2 Å². The number of amides is 1. The van der Waals surface area contributed by atoms with E-state index in [2.05, 4.69) is 5.32 Å². The molecule has 0 radical (unpaired) electrons. The number of benzene rings is 2. The van der Waals surface area contributed by atoms with Gasteiger partial charge in [-0.25, -0.2) is 0 Å². The van der Waals surface area contributed by atoms with Gasteiger partial charge in [-0.3, -0.25) is 4.79 Å². The van der Waals surface area contributed by atoms with E-state index in [1.54, 1.807) is 18.2 Å². The summed E-state index contributed by atoms with van der Waals surface area (Å²) in [5.41, 5.74) is 2.48. The largest absolute Gasteiger partial charge is 0.550 e. The summed E-state index contributed by atoms with van der Waals surface area (Å²) in [4.78, 5) is 23.5. The summed E-state index contributed by atoms with van der Waals surface area (Å²) in [7, 11) is 2.98. The summed E-state index contributed by atoms with van der Waals surface area (Å²) in [5, 5.41) is 13.8. The Morgan fingerprint density at radius 2 is 1.71 bits per heavy atom. The van der Waals surface area contributed by atoms with Crippen molar-refractivity contribution in [2.45, 2.75) is 26.3 Å². The maximum Gasteiger partial charge on any atom is 0.258 e. The molecule has 7 nitrogen and oxygen atoms in total. The highest BCUT2D eigenvalue weighted by molar-refractivity contribution is 5.79. The third-order valence-corrected chi connectivity index (χ3v) is 4.22. The SMILES string of the molecule is COc1ccc(C(CC(=O)[O-])NC(=O)COc2cc(C)ccc2C)cc1OC. The second-order valence-electron chi connectivity index (χ2n) is 6.37. The standard InChI is InChI=1S/C21H25NO6/c1-13-5-6-14(2)18(9-13)28-12-20(23)22-16(11-21(24)25)15-7-8-17(26-3)19(10-15)27-4/h5-10,16H,11-12H2,1-4H3,(H,22,23)(H,24,25)/p-1. The molecule has 0 heterocycles. The summed E-state index contributed by atoms with van der Waals surface area (Å²) in [6.45, 7) is 3.58.